The molecule has 174 valence electrons. The molecule has 5 rings (SSSR count). The molecular formula is C26H25N3O3S2. The van der Waals surface area contributed by atoms with Gasteiger partial charge in [0.1, 0.15) is 5.01 Å². The van der Waals surface area contributed by atoms with Crippen molar-refractivity contribution in [3.63, 3.8) is 0 Å². The van der Waals surface area contributed by atoms with E-state index in [0.717, 1.165) is 40.1 Å². The van der Waals surface area contributed by atoms with E-state index in [-0.39, 0.29) is 10.8 Å². The average molecular weight is 492 g/mol. The molecule has 8 heteroatoms. The molecule has 1 aliphatic rings. The Labute approximate surface area is 203 Å². The second kappa shape index (κ2) is 9.29. The van der Waals surface area contributed by atoms with E-state index in [1.165, 1.54) is 10.4 Å². The van der Waals surface area contributed by atoms with E-state index in [2.05, 4.69) is 5.32 Å². The standard InChI is InChI=1S/C26H25N3O3S2/c1-18-13-14-19(34(31,32)29-15-7-2-8-16-29)17-21(18)25(30)27-22-10-4-3-9-20(22)26-28-23-11-5-6-12-24(23)33-26/h3-6,9-14,17H,2,7-8,15-16H2,1H3,(H,27,30). The van der Waals surface area contributed by atoms with Crippen LogP contribution in [0, 0.1) is 6.92 Å². The summed E-state index contributed by atoms with van der Waals surface area (Å²) >= 11 is 1.56. The number of aromatic nitrogens is 1. The van der Waals surface area contributed by atoms with Crippen molar-refractivity contribution in [1.82, 2.24) is 9.29 Å². The second-order valence-electron chi connectivity index (χ2n) is 8.43. The number of piperidine rings is 1. The maximum absolute atomic E-state index is 13.3. The van der Waals surface area contributed by atoms with Crippen LogP contribution in [0.5, 0.6) is 0 Å². The number of nitrogens with one attached hydrogen (secondary N) is 1. The predicted molar refractivity (Wildman–Crippen MR) is 137 cm³/mol. The highest BCUT2D eigenvalue weighted by Crippen LogP contribution is 2.34. The minimum absolute atomic E-state index is 0.157. The van der Waals surface area contributed by atoms with Crippen LogP contribution in [0.25, 0.3) is 20.8 Å². The van der Waals surface area contributed by atoms with Gasteiger partial charge in [-0.3, -0.25) is 4.79 Å². The van der Waals surface area contributed by atoms with Crippen LogP contribution in [-0.4, -0.2) is 36.7 Å². The molecule has 6 nitrogen and oxygen atoms in total. The number of hydrogen-bond acceptors (Lipinski definition) is 5. The molecule has 1 amide bonds. The molecule has 0 atom stereocenters. The van der Waals surface area contributed by atoms with Gasteiger partial charge in [-0.1, -0.05) is 36.8 Å². The van der Waals surface area contributed by atoms with E-state index in [1.807, 2.05) is 55.5 Å². The molecule has 3 aromatic carbocycles. The molecule has 1 fully saturated rings. The van der Waals surface area contributed by atoms with Gasteiger partial charge in [0.2, 0.25) is 10.0 Å². The van der Waals surface area contributed by atoms with Crippen LogP contribution in [0.1, 0.15) is 35.2 Å². The Morgan fingerprint density at radius 2 is 1.71 bits per heavy atom. The van der Waals surface area contributed by atoms with Crippen molar-refractivity contribution in [1.29, 1.82) is 0 Å². The molecule has 4 aromatic rings. The monoisotopic (exact) mass is 491 g/mol. The molecule has 0 radical (unpaired) electrons. The zero-order valence-corrected chi connectivity index (χ0v) is 20.5. The number of carbonyl (C=O) groups is 1. The number of rotatable bonds is 5. The first-order valence-electron chi connectivity index (χ1n) is 11.3. The molecule has 1 aromatic heterocycles. The quantitative estimate of drug-likeness (QED) is 0.388. The molecule has 1 aliphatic heterocycles. The Hall–Kier alpha value is -3.07. The summed E-state index contributed by atoms with van der Waals surface area (Å²) in [6, 6.07) is 20.2. The molecular weight excluding hydrogens is 466 g/mol. The number of carbonyl (C=O) groups excluding carboxylic acids is 1. The SMILES string of the molecule is Cc1ccc(S(=O)(=O)N2CCCCC2)cc1C(=O)Nc1ccccc1-c1nc2ccccc2s1. The highest BCUT2D eigenvalue weighted by molar-refractivity contribution is 7.89. The normalized spacial score (nSPS) is 14.9. The summed E-state index contributed by atoms with van der Waals surface area (Å²) in [5.41, 5.74) is 3.43. The van der Waals surface area contributed by atoms with Crippen LogP contribution in [0.15, 0.2) is 71.6 Å². The Morgan fingerprint density at radius 3 is 2.50 bits per heavy atom. The molecule has 0 unspecified atom stereocenters. The van der Waals surface area contributed by atoms with E-state index in [1.54, 1.807) is 23.5 Å². The fourth-order valence-electron chi connectivity index (χ4n) is 4.22. The van der Waals surface area contributed by atoms with Gasteiger partial charge >= 0.3 is 0 Å². The summed E-state index contributed by atoms with van der Waals surface area (Å²) in [7, 11) is -3.63. The number of amides is 1. The molecule has 0 saturated carbocycles. The Bertz CT molecular complexity index is 1440. The molecule has 2 heterocycles. The van der Waals surface area contributed by atoms with E-state index in [4.69, 9.17) is 4.98 Å². The lowest BCUT2D eigenvalue weighted by Crippen LogP contribution is -2.35. The summed E-state index contributed by atoms with van der Waals surface area (Å²) < 4.78 is 28.9. The summed E-state index contributed by atoms with van der Waals surface area (Å²) in [5.74, 6) is -0.346. The van der Waals surface area contributed by atoms with Gasteiger partial charge in [-0.05, 0) is 61.7 Å². The van der Waals surface area contributed by atoms with Crippen LogP contribution in [0.3, 0.4) is 0 Å². The van der Waals surface area contributed by atoms with E-state index < -0.39 is 10.0 Å². The van der Waals surface area contributed by atoms with E-state index >= 15 is 0 Å². The predicted octanol–water partition coefficient (Wildman–Crippen LogP) is 5.70. The maximum atomic E-state index is 13.3. The lowest BCUT2D eigenvalue weighted by molar-refractivity contribution is 0.102. The van der Waals surface area contributed by atoms with Crippen molar-refractivity contribution in [2.24, 2.45) is 0 Å². The topological polar surface area (TPSA) is 79.4 Å². The van der Waals surface area contributed by atoms with Crippen molar-refractivity contribution < 1.29 is 13.2 Å². The van der Waals surface area contributed by atoms with Crippen molar-refractivity contribution in [2.45, 2.75) is 31.1 Å². The van der Waals surface area contributed by atoms with Crippen LogP contribution in [0.2, 0.25) is 0 Å². The number of sulfonamides is 1. The fourth-order valence-corrected chi connectivity index (χ4v) is 6.77. The minimum atomic E-state index is -3.63. The summed E-state index contributed by atoms with van der Waals surface area (Å²) in [4.78, 5) is 18.2. The largest absolute Gasteiger partial charge is 0.321 e. The third-order valence-electron chi connectivity index (χ3n) is 6.11. The van der Waals surface area contributed by atoms with Crippen molar-refractivity contribution in [2.75, 3.05) is 18.4 Å². The summed E-state index contributed by atoms with van der Waals surface area (Å²) in [6.45, 7) is 2.85. The third kappa shape index (κ3) is 4.36. The zero-order chi connectivity index (χ0) is 23.7. The van der Waals surface area contributed by atoms with Crippen molar-refractivity contribution in [3.05, 3.63) is 77.9 Å². The first-order valence-corrected chi connectivity index (χ1v) is 13.6. The maximum Gasteiger partial charge on any atom is 0.255 e. The molecule has 0 bridgehead atoms. The minimum Gasteiger partial charge on any atom is -0.321 e. The second-order valence-corrected chi connectivity index (χ2v) is 11.4. The number of fused-ring (bicyclic) bond motifs is 1. The molecule has 0 spiro atoms. The highest BCUT2D eigenvalue weighted by atomic mass is 32.2. The fraction of sp³-hybridized carbons (Fsp3) is 0.231. The van der Waals surface area contributed by atoms with Gasteiger partial charge in [0.15, 0.2) is 0 Å². The van der Waals surface area contributed by atoms with Gasteiger partial charge < -0.3 is 5.32 Å². The smallest absolute Gasteiger partial charge is 0.255 e. The number of aryl methyl sites for hydroxylation is 1. The Kier molecular flexibility index (Phi) is 6.20. The van der Waals surface area contributed by atoms with Gasteiger partial charge in [-0.2, -0.15) is 4.31 Å². The Balaban J connectivity index is 1.46. The highest BCUT2D eigenvalue weighted by Gasteiger charge is 2.27. The number of para-hydroxylation sites is 2. The number of benzene rings is 3. The number of anilines is 1. The molecule has 0 aliphatic carbocycles. The molecule has 1 saturated heterocycles. The van der Waals surface area contributed by atoms with Gasteiger partial charge in [0, 0.05) is 24.2 Å². The third-order valence-corrected chi connectivity index (χ3v) is 9.07. The van der Waals surface area contributed by atoms with Crippen LogP contribution < -0.4 is 5.32 Å². The summed E-state index contributed by atoms with van der Waals surface area (Å²) in [6.07, 6.45) is 2.77. The number of thiazole rings is 1. The van der Waals surface area contributed by atoms with Gasteiger partial charge in [-0.25, -0.2) is 13.4 Å². The number of hydrogen-bond donors (Lipinski definition) is 1. The van der Waals surface area contributed by atoms with Crippen molar-refractivity contribution in [3.8, 4) is 10.6 Å². The van der Waals surface area contributed by atoms with Crippen LogP contribution in [-0.2, 0) is 10.0 Å². The lowest BCUT2D eigenvalue weighted by Gasteiger charge is -2.26. The zero-order valence-electron chi connectivity index (χ0n) is 18.8. The first-order chi connectivity index (χ1) is 16.4. The number of nitrogens with zero attached hydrogens (tertiary/aromatic N) is 2. The molecule has 34 heavy (non-hydrogen) atoms. The average Bonchev–Trinajstić information content (AvgIpc) is 3.29. The van der Waals surface area contributed by atoms with Gasteiger partial charge in [-0.15, -0.1) is 11.3 Å². The first kappa shape index (κ1) is 22.7. The van der Waals surface area contributed by atoms with Gasteiger partial charge in [0.25, 0.3) is 5.91 Å². The van der Waals surface area contributed by atoms with Crippen molar-refractivity contribution >= 4 is 43.2 Å². The van der Waals surface area contributed by atoms with E-state index in [9.17, 15) is 13.2 Å². The van der Waals surface area contributed by atoms with E-state index in [0.29, 0.717) is 29.9 Å². The Morgan fingerprint density at radius 1 is 0.971 bits per heavy atom. The molecule has 1 N–H and O–H groups in total. The summed E-state index contributed by atoms with van der Waals surface area (Å²) in [5, 5.41) is 3.80. The van der Waals surface area contributed by atoms with Crippen LogP contribution in [0.4, 0.5) is 5.69 Å². The van der Waals surface area contributed by atoms with Crippen LogP contribution >= 0.6 is 11.3 Å². The van der Waals surface area contributed by atoms with Gasteiger partial charge in [0.05, 0.1) is 20.8 Å². The lowest BCUT2D eigenvalue weighted by atomic mass is 10.1.